The molecular formula is C14H21NO3. The molecule has 0 aromatic heterocycles. The molecule has 1 rings (SSSR count). The van der Waals surface area contributed by atoms with E-state index in [2.05, 4.69) is 0 Å². The first-order valence-electron chi connectivity index (χ1n) is 6.22. The van der Waals surface area contributed by atoms with E-state index >= 15 is 0 Å². The predicted octanol–water partition coefficient (Wildman–Crippen LogP) is 2.21. The molecule has 1 aromatic carbocycles. The number of aliphatic hydroxyl groups excluding tert-OH is 1. The minimum Gasteiger partial charge on any atom is -0.478 e. The summed E-state index contributed by atoms with van der Waals surface area (Å²) in [6, 6.07) is 9.37. The molecule has 0 saturated carbocycles. The molecule has 4 nitrogen and oxygen atoms in total. The highest BCUT2D eigenvalue weighted by atomic mass is 16.5. The molecule has 4 heteroatoms. The Balaban J connectivity index is 2.03. The third kappa shape index (κ3) is 6.37. The molecule has 0 aliphatic rings. The third-order valence-corrected chi connectivity index (χ3v) is 2.40. The van der Waals surface area contributed by atoms with Crippen LogP contribution in [0.15, 0.2) is 30.3 Å². The molecule has 18 heavy (non-hydrogen) atoms. The van der Waals surface area contributed by atoms with Crippen molar-refractivity contribution in [1.82, 2.24) is 0 Å². The molecule has 0 aliphatic carbocycles. The SMILES string of the molecule is C[C@@H](O)CCOCCCOC(=N)c1ccccc1. The molecule has 0 spiro atoms. The zero-order chi connectivity index (χ0) is 13.2. The standard InChI is InChI=1S/C14H21NO3/c1-12(16)8-11-17-9-5-10-18-14(15)13-6-3-2-4-7-13/h2-4,6-7,12,15-16H,5,8-11H2,1H3/t12-/m1/s1. The first-order valence-corrected chi connectivity index (χ1v) is 6.22. The van der Waals surface area contributed by atoms with Gasteiger partial charge in [0.1, 0.15) is 0 Å². The Hall–Kier alpha value is -1.39. The average Bonchev–Trinajstić information content (AvgIpc) is 2.38. The number of nitrogens with one attached hydrogen (secondary N) is 1. The van der Waals surface area contributed by atoms with Gasteiger partial charge in [-0.25, -0.2) is 0 Å². The molecule has 0 aliphatic heterocycles. The largest absolute Gasteiger partial charge is 0.478 e. The molecule has 100 valence electrons. The topological polar surface area (TPSA) is 62.5 Å². The van der Waals surface area contributed by atoms with Crippen molar-refractivity contribution in [3.63, 3.8) is 0 Å². The van der Waals surface area contributed by atoms with Gasteiger partial charge in [0.2, 0.25) is 5.90 Å². The van der Waals surface area contributed by atoms with E-state index in [0.717, 1.165) is 12.0 Å². The molecule has 1 atom stereocenters. The summed E-state index contributed by atoms with van der Waals surface area (Å²) in [7, 11) is 0. The Morgan fingerprint density at radius 1 is 1.22 bits per heavy atom. The summed E-state index contributed by atoms with van der Waals surface area (Å²) in [5.41, 5.74) is 0.785. The lowest BCUT2D eigenvalue weighted by Gasteiger charge is -2.08. The normalized spacial score (nSPS) is 12.1. The Bertz CT molecular complexity index is 338. The van der Waals surface area contributed by atoms with Crippen LogP contribution < -0.4 is 0 Å². The van der Waals surface area contributed by atoms with Crippen LogP contribution in [0.25, 0.3) is 0 Å². The second-order valence-corrected chi connectivity index (χ2v) is 4.15. The molecule has 0 radical (unpaired) electrons. The summed E-state index contributed by atoms with van der Waals surface area (Å²) in [5.74, 6) is 0.194. The second-order valence-electron chi connectivity index (χ2n) is 4.15. The van der Waals surface area contributed by atoms with Crippen LogP contribution in [0.2, 0.25) is 0 Å². The van der Waals surface area contributed by atoms with E-state index in [0.29, 0.717) is 26.2 Å². The highest BCUT2D eigenvalue weighted by Gasteiger charge is 2.01. The summed E-state index contributed by atoms with van der Waals surface area (Å²) in [6.07, 6.45) is 1.09. The lowest BCUT2D eigenvalue weighted by Crippen LogP contribution is -2.10. The lowest BCUT2D eigenvalue weighted by molar-refractivity contribution is 0.0813. The zero-order valence-electron chi connectivity index (χ0n) is 10.8. The van der Waals surface area contributed by atoms with Gasteiger partial charge < -0.3 is 14.6 Å². The van der Waals surface area contributed by atoms with E-state index in [9.17, 15) is 0 Å². The van der Waals surface area contributed by atoms with Gasteiger partial charge in [0.05, 0.1) is 12.7 Å². The summed E-state index contributed by atoms with van der Waals surface area (Å²) >= 11 is 0. The van der Waals surface area contributed by atoms with Gasteiger partial charge in [-0.3, -0.25) is 5.41 Å². The third-order valence-electron chi connectivity index (χ3n) is 2.40. The number of hydrogen-bond acceptors (Lipinski definition) is 4. The quantitative estimate of drug-likeness (QED) is 0.423. The van der Waals surface area contributed by atoms with Crippen molar-refractivity contribution in [3.8, 4) is 0 Å². The maximum absolute atomic E-state index is 9.02. The van der Waals surface area contributed by atoms with Crippen molar-refractivity contribution < 1.29 is 14.6 Å². The van der Waals surface area contributed by atoms with E-state index < -0.39 is 0 Å². The maximum Gasteiger partial charge on any atom is 0.213 e. The number of benzene rings is 1. The van der Waals surface area contributed by atoms with Gasteiger partial charge >= 0.3 is 0 Å². The summed E-state index contributed by atoms with van der Waals surface area (Å²) < 4.78 is 10.6. The second kappa shape index (κ2) is 8.66. The highest BCUT2D eigenvalue weighted by Crippen LogP contribution is 2.01. The van der Waals surface area contributed by atoms with Crippen molar-refractivity contribution in [3.05, 3.63) is 35.9 Å². The fourth-order valence-corrected chi connectivity index (χ4v) is 1.36. The van der Waals surface area contributed by atoms with Crippen LogP contribution in [0, 0.1) is 5.41 Å². The van der Waals surface area contributed by atoms with Crippen molar-refractivity contribution in [1.29, 1.82) is 5.41 Å². The summed E-state index contributed by atoms with van der Waals surface area (Å²) in [4.78, 5) is 0. The first-order chi connectivity index (χ1) is 8.70. The number of aliphatic hydroxyl groups is 1. The minimum atomic E-state index is -0.312. The molecule has 1 aromatic rings. The molecular weight excluding hydrogens is 230 g/mol. The summed E-state index contributed by atoms with van der Waals surface area (Å²) in [5, 5.41) is 16.7. The molecule has 0 amide bonds. The van der Waals surface area contributed by atoms with Crippen LogP contribution in [-0.4, -0.2) is 36.9 Å². The molecule has 0 fully saturated rings. The van der Waals surface area contributed by atoms with Gasteiger partial charge in [-0.05, 0) is 25.5 Å². The number of ether oxygens (including phenoxy) is 2. The number of rotatable bonds is 8. The molecule has 2 N–H and O–H groups in total. The van der Waals surface area contributed by atoms with E-state index in [-0.39, 0.29) is 12.0 Å². The predicted molar refractivity (Wildman–Crippen MR) is 71.0 cm³/mol. The molecule has 0 unspecified atom stereocenters. The Labute approximate surface area is 108 Å². The Morgan fingerprint density at radius 3 is 2.61 bits per heavy atom. The minimum absolute atomic E-state index is 0.194. The van der Waals surface area contributed by atoms with E-state index in [1.54, 1.807) is 6.92 Å². The van der Waals surface area contributed by atoms with Crippen LogP contribution in [0.3, 0.4) is 0 Å². The van der Waals surface area contributed by atoms with Gasteiger partial charge in [0, 0.05) is 25.2 Å². The van der Waals surface area contributed by atoms with E-state index in [4.69, 9.17) is 20.0 Å². The average molecular weight is 251 g/mol. The molecule has 0 heterocycles. The van der Waals surface area contributed by atoms with Crippen LogP contribution in [0.4, 0.5) is 0 Å². The van der Waals surface area contributed by atoms with Crippen LogP contribution in [-0.2, 0) is 9.47 Å². The van der Waals surface area contributed by atoms with E-state index in [1.807, 2.05) is 30.3 Å². The Kier molecular flexibility index (Phi) is 7.06. The Morgan fingerprint density at radius 2 is 1.94 bits per heavy atom. The number of hydrogen-bond donors (Lipinski definition) is 2. The highest BCUT2D eigenvalue weighted by molar-refractivity contribution is 5.91. The lowest BCUT2D eigenvalue weighted by atomic mass is 10.2. The first kappa shape index (κ1) is 14.7. The van der Waals surface area contributed by atoms with Crippen molar-refractivity contribution in [2.24, 2.45) is 0 Å². The van der Waals surface area contributed by atoms with Gasteiger partial charge in [-0.2, -0.15) is 0 Å². The van der Waals surface area contributed by atoms with Crippen LogP contribution >= 0.6 is 0 Å². The van der Waals surface area contributed by atoms with E-state index in [1.165, 1.54) is 0 Å². The van der Waals surface area contributed by atoms with Gasteiger partial charge in [0.15, 0.2) is 0 Å². The smallest absolute Gasteiger partial charge is 0.213 e. The maximum atomic E-state index is 9.02. The van der Waals surface area contributed by atoms with Gasteiger partial charge in [-0.15, -0.1) is 0 Å². The van der Waals surface area contributed by atoms with Crippen LogP contribution in [0.1, 0.15) is 25.3 Å². The van der Waals surface area contributed by atoms with Crippen molar-refractivity contribution >= 4 is 5.90 Å². The van der Waals surface area contributed by atoms with Crippen LogP contribution in [0.5, 0.6) is 0 Å². The molecule has 0 bridgehead atoms. The fraction of sp³-hybridized carbons (Fsp3) is 0.500. The van der Waals surface area contributed by atoms with Crippen molar-refractivity contribution in [2.45, 2.75) is 25.9 Å². The monoisotopic (exact) mass is 251 g/mol. The molecule has 0 saturated heterocycles. The van der Waals surface area contributed by atoms with Gasteiger partial charge in [0.25, 0.3) is 0 Å². The van der Waals surface area contributed by atoms with Crippen molar-refractivity contribution in [2.75, 3.05) is 19.8 Å². The summed E-state index contributed by atoms with van der Waals surface area (Å²) in [6.45, 7) is 3.37. The van der Waals surface area contributed by atoms with Gasteiger partial charge in [-0.1, -0.05) is 18.2 Å². The zero-order valence-corrected chi connectivity index (χ0v) is 10.8. The fourth-order valence-electron chi connectivity index (χ4n) is 1.36.